The highest BCUT2D eigenvalue weighted by Gasteiger charge is 2.13. The molecule has 2 aromatic carbocycles. The van der Waals surface area contributed by atoms with Gasteiger partial charge in [-0.05, 0) is 36.2 Å². The summed E-state index contributed by atoms with van der Waals surface area (Å²) in [6.07, 6.45) is 1.53. The van der Waals surface area contributed by atoms with Gasteiger partial charge in [0, 0.05) is 11.8 Å². The van der Waals surface area contributed by atoms with Gasteiger partial charge in [0.25, 0.3) is 0 Å². The molecule has 0 atom stereocenters. The first kappa shape index (κ1) is 19.7. The molecule has 0 aliphatic heterocycles. The normalized spacial score (nSPS) is 10.6. The fourth-order valence-corrected chi connectivity index (χ4v) is 3.03. The molecule has 3 aromatic rings. The lowest BCUT2D eigenvalue weighted by atomic mass is 10.2. The fraction of sp³-hybridized carbons (Fsp3) is 0.200. The van der Waals surface area contributed by atoms with Crippen molar-refractivity contribution in [2.75, 3.05) is 19.5 Å². The van der Waals surface area contributed by atoms with Crippen molar-refractivity contribution in [2.45, 2.75) is 13.5 Å². The van der Waals surface area contributed by atoms with Crippen LogP contribution < -0.4 is 20.3 Å². The third-order valence-electron chi connectivity index (χ3n) is 4.17. The lowest BCUT2D eigenvalue weighted by Gasteiger charge is -2.17. The molecule has 8 heteroatoms. The number of hydrogen-bond acceptors (Lipinski definition) is 5. The minimum absolute atomic E-state index is 0.0901. The molecule has 0 aliphatic rings. The second-order valence-electron chi connectivity index (χ2n) is 6.12. The SMILES string of the molecule is COc1cc(Nc2nc(=O)c(OC)cn2Cc2cccc(F)c2)c(C)cc1Cl. The van der Waals surface area contributed by atoms with E-state index in [2.05, 4.69) is 10.3 Å². The molecule has 146 valence electrons. The Labute approximate surface area is 166 Å². The van der Waals surface area contributed by atoms with Crippen LogP contribution in [0.1, 0.15) is 11.1 Å². The van der Waals surface area contributed by atoms with E-state index in [1.165, 1.54) is 32.5 Å². The van der Waals surface area contributed by atoms with Crippen LogP contribution in [0.4, 0.5) is 16.0 Å². The average molecular weight is 404 g/mol. The number of benzene rings is 2. The van der Waals surface area contributed by atoms with E-state index in [-0.39, 0.29) is 24.1 Å². The summed E-state index contributed by atoms with van der Waals surface area (Å²) in [6, 6.07) is 9.68. The van der Waals surface area contributed by atoms with Crippen molar-refractivity contribution in [3.05, 3.63) is 74.9 Å². The predicted molar refractivity (Wildman–Crippen MR) is 107 cm³/mol. The maximum atomic E-state index is 13.6. The molecule has 0 saturated heterocycles. The van der Waals surface area contributed by atoms with Crippen LogP contribution in [0.2, 0.25) is 5.02 Å². The van der Waals surface area contributed by atoms with Gasteiger partial charge >= 0.3 is 5.56 Å². The molecule has 1 N–H and O–H groups in total. The Balaban J connectivity index is 2.05. The minimum Gasteiger partial charge on any atom is -0.495 e. The number of nitrogens with zero attached hydrogens (tertiary/aromatic N) is 2. The molecule has 3 rings (SSSR count). The third-order valence-corrected chi connectivity index (χ3v) is 4.47. The number of hydrogen-bond donors (Lipinski definition) is 1. The zero-order chi connectivity index (χ0) is 20.3. The van der Waals surface area contributed by atoms with E-state index >= 15 is 0 Å². The van der Waals surface area contributed by atoms with E-state index < -0.39 is 5.56 Å². The van der Waals surface area contributed by atoms with E-state index in [4.69, 9.17) is 21.1 Å². The van der Waals surface area contributed by atoms with Gasteiger partial charge in [0.15, 0.2) is 0 Å². The molecule has 0 amide bonds. The highest BCUT2D eigenvalue weighted by Crippen LogP contribution is 2.32. The fourth-order valence-electron chi connectivity index (χ4n) is 2.73. The molecule has 0 bridgehead atoms. The summed E-state index contributed by atoms with van der Waals surface area (Å²) in [5.74, 6) is 0.517. The molecule has 0 saturated carbocycles. The van der Waals surface area contributed by atoms with Gasteiger partial charge in [-0.2, -0.15) is 4.98 Å². The van der Waals surface area contributed by atoms with Crippen LogP contribution in [0, 0.1) is 12.7 Å². The first-order valence-electron chi connectivity index (χ1n) is 8.42. The van der Waals surface area contributed by atoms with Crippen LogP contribution in [-0.4, -0.2) is 23.8 Å². The van der Waals surface area contributed by atoms with Gasteiger partial charge in [-0.25, -0.2) is 4.39 Å². The topological polar surface area (TPSA) is 65.4 Å². The van der Waals surface area contributed by atoms with Crippen LogP contribution >= 0.6 is 11.6 Å². The van der Waals surface area contributed by atoms with Gasteiger partial charge in [0.05, 0.1) is 32.0 Å². The number of anilines is 2. The first-order chi connectivity index (χ1) is 13.4. The second-order valence-corrected chi connectivity index (χ2v) is 6.53. The van der Waals surface area contributed by atoms with E-state index in [0.29, 0.717) is 22.0 Å². The summed E-state index contributed by atoms with van der Waals surface area (Å²) in [5.41, 5.74) is 1.71. The number of rotatable bonds is 6. The van der Waals surface area contributed by atoms with E-state index in [1.54, 1.807) is 28.8 Å². The molecule has 6 nitrogen and oxygen atoms in total. The van der Waals surface area contributed by atoms with E-state index in [0.717, 1.165) is 5.56 Å². The second kappa shape index (κ2) is 8.31. The molecule has 0 radical (unpaired) electrons. The van der Waals surface area contributed by atoms with E-state index in [1.807, 2.05) is 6.92 Å². The monoisotopic (exact) mass is 403 g/mol. The van der Waals surface area contributed by atoms with Crippen molar-refractivity contribution in [1.82, 2.24) is 9.55 Å². The Morgan fingerprint density at radius 1 is 1.18 bits per heavy atom. The van der Waals surface area contributed by atoms with Crippen LogP contribution in [-0.2, 0) is 6.54 Å². The molecule has 0 unspecified atom stereocenters. The molecule has 0 aliphatic carbocycles. The summed E-state index contributed by atoms with van der Waals surface area (Å²) in [7, 11) is 2.91. The third kappa shape index (κ3) is 4.26. The number of halogens is 2. The Kier molecular flexibility index (Phi) is 5.84. The zero-order valence-corrected chi connectivity index (χ0v) is 16.4. The largest absolute Gasteiger partial charge is 0.495 e. The number of ether oxygens (including phenoxy) is 2. The van der Waals surface area contributed by atoms with Crippen molar-refractivity contribution in [2.24, 2.45) is 0 Å². The Hall–Kier alpha value is -3.06. The minimum atomic E-state index is -0.515. The van der Waals surface area contributed by atoms with Crippen molar-refractivity contribution >= 4 is 23.2 Å². The maximum Gasteiger partial charge on any atom is 0.316 e. The number of aromatic nitrogens is 2. The van der Waals surface area contributed by atoms with Crippen LogP contribution in [0.5, 0.6) is 11.5 Å². The zero-order valence-electron chi connectivity index (χ0n) is 15.6. The number of methoxy groups -OCH3 is 2. The van der Waals surface area contributed by atoms with Crippen molar-refractivity contribution in [3.63, 3.8) is 0 Å². The summed E-state index contributed by atoms with van der Waals surface area (Å²) >= 11 is 6.15. The quantitative estimate of drug-likeness (QED) is 0.669. The van der Waals surface area contributed by atoms with Gasteiger partial charge in [-0.3, -0.25) is 4.79 Å². The summed E-state index contributed by atoms with van der Waals surface area (Å²) in [5, 5.41) is 3.61. The molecule has 1 heterocycles. The smallest absolute Gasteiger partial charge is 0.316 e. The highest BCUT2D eigenvalue weighted by atomic mass is 35.5. The van der Waals surface area contributed by atoms with Gasteiger partial charge in [0.2, 0.25) is 11.7 Å². The van der Waals surface area contributed by atoms with Crippen molar-refractivity contribution in [3.8, 4) is 11.5 Å². The first-order valence-corrected chi connectivity index (χ1v) is 8.80. The van der Waals surface area contributed by atoms with Gasteiger partial charge < -0.3 is 19.4 Å². The van der Waals surface area contributed by atoms with Gasteiger partial charge in [0.1, 0.15) is 11.6 Å². The van der Waals surface area contributed by atoms with E-state index in [9.17, 15) is 9.18 Å². The Morgan fingerprint density at radius 2 is 1.93 bits per heavy atom. The average Bonchev–Trinajstić information content (AvgIpc) is 2.66. The predicted octanol–water partition coefficient (Wildman–Crippen LogP) is 4.15. The summed E-state index contributed by atoms with van der Waals surface area (Å²) < 4.78 is 25.6. The Morgan fingerprint density at radius 3 is 2.61 bits per heavy atom. The standard InChI is InChI=1S/C20H19ClFN3O3/c1-12-7-15(21)17(27-2)9-16(12)23-20-24-19(26)18(28-3)11-25(20)10-13-5-4-6-14(22)8-13/h4-9,11H,10H2,1-3H3,(H,23,24,26). The van der Waals surface area contributed by atoms with Gasteiger partial charge in [-0.1, -0.05) is 23.7 Å². The maximum absolute atomic E-state index is 13.6. The van der Waals surface area contributed by atoms with Crippen molar-refractivity contribution in [1.29, 1.82) is 0 Å². The van der Waals surface area contributed by atoms with Gasteiger partial charge in [-0.15, -0.1) is 0 Å². The Bertz CT molecular complexity index is 1070. The highest BCUT2D eigenvalue weighted by molar-refractivity contribution is 6.32. The van der Waals surface area contributed by atoms with Crippen LogP contribution in [0.25, 0.3) is 0 Å². The van der Waals surface area contributed by atoms with Crippen molar-refractivity contribution < 1.29 is 13.9 Å². The number of aryl methyl sites for hydroxylation is 1. The molecular weight excluding hydrogens is 385 g/mol. The molecule has 0 spiro atoms. The lowest BCUT2D eigenvalue weighted by molar-refractivity contribution is 0.402. The number of nitrogens with one attached hydrogen (secondary N) is 1. The summed E-state index contributed by atoms with van der Waals surface area (Å²) in [6.45, 7) is 2.15. The van der Waals surface area contributed by atoms with Crippen LogP contribution in [0.3, 0.4) is 0 Å². The lowest BCUT2D eigenvalue weighted by Crippen LogP contribution is -2.19. The summed E-state index contributed by atoms with van der Waals surface area (Å²) in [4.78, 5) is 16.3. The molecule has 28 heavy (non-hydrogen) atoms. The molecule has 1 aromatic heterocycles. The van der Waals surface area contributed by atoms with Crippen LogP contribution in [0.15, 0.2) is 47.4 Å². The molecule has 0 fully saturated rings. The molecular formula is C20H19ClFN3O3.